The Morgan fingerprint density at radius 3 is 2.62 bits per heavy atom. The standard InChI is InChI=1S/C16H22N4O3S/c1-20(12-5-3-2-4-6-12)24(21,22)13-9-14(17-10-13)16-19-18-15(23-16)11-7-8-11/h9-12,17H,2-8H2,1H3. The molecule has 0 aromatic carbocycles. The van der Waals surface area contributed by atoms with Gasteiger partial charge in [0.15, 0.2) is 0 Å². The van der Waals surface area contributed by atoms with Crippen molar-refractivity contribution in [3.63, 3.8) is 0 Å². The summed E-state index contributed by atoms with van der Waals surface area (Å²) in [5.74, 6) is 1.36. The first-order chi connectivity index (χ1) is 11.6. The summed E-state index contributed by atoms with van der Waals surface area (Å²) in [7, 11) is -1.83. The van der Waals surface area contributed by atoms with Crippen molar-refractivity contribution in [1.29, 1.82) is 0 Å². The summed E-state index contributed by atoms with van der Waals surface area (Å²) in [5, 5.41) is 8.06. The lowest BCUT2D eigenvalue weighted by Crippen LogP contribution is -2.38. The summed E-state index contributed by atoms with van der Waals surface area (Å²) >= 11 is 0. The third-order valence-electron chi connectivity index (χ3n) is 5.02. The van der Waals surface area contributed by atoms with Gasteiger partial charge in [0.05, 0.1) is 0 Å². The maximum absolute atomic E-state index is 12.8. The zero-order valence-electron chi connectivity index (χ0n) is 13.7. The van der Waals surface area contributed by atoms with E-state index in [9.17, 15) is 8.42 Å². The first kappa shape index (κ1) is 15.8. The summed E-state index contributed by atoms with van der Waals surface area (Å²) < 4.78 is 32.8. The second kappa shape index (κ2) is 6.00. The van der Waals surface area contributed by atoms with Gasteiger partial charge in [-0.3, -0.25) is 0 Å². The highest BCUT2D eigenvalue weighted by Gasteiger charge is 2.32. The molecule has 2 heterocycles. The number of hydrogen-bond acceptors (Lipinski definition) is 5. The molecule has 0 spiro atoms. The van der Waals surface area contributed by atoms with E-state index in [2.05, 4.69) is 15.2 Å². The fourth-order valence-corrected chi connectivity index (χ4v) is 4.70. The first-order valence-electron chi connectivity index (χ1n) is 8.56. The Hall–Kier alpha value is -1.67. The van der Waals surface area contributed by atoms with Crippen LogP contribution in [-0.4, -0.2) is 41.0 Å². The van der Waals surface area contributed by atoms with Crippen LogP contribution in [0.15, 0.2) is 21.6 Å². The van der Waals surface area contributed by atoms with Crippen LogP contribution < -0.4 is 0 Å². The van der Waals surface area contributed by atoms with E-state index in [1.54, 1.807) is 13.1 Å². The maximum Gasteiger partial charge on any atom is 0.264 e. The first-order valence-corrected chi connectivity index (χ1v) is 10.00. The Labute approximate surface area is 141 Å². The van der Waals surface area contributed by atoms with Crippen molar-refractivity contribution < 1.29 is 12.8 Å². The van der Waals surface area contributed by atoms with Crippen LogP contribution in [0.25, 0.3) is 11.6 Å². The van der Waals surface area contributed by atoms with Crippen LogP contribution in [-0.2, 0) is 10.0 Å². The lowest BCUT2D eigenvalue weighted by molar-refractivity contribution is 0.286. The van der Waals surface area contributed by atoms with E-state index in [1.165, 1.54) is 16.9 Å². The quantitative estimate of drug-likeness (QED) is 0.895. The fraction of sp³-hybridized carbons (Fsp3) is 0.625. The lowest BCUT2D eigenvalue weighted by atomic mass is 9.96. The molecule has 4 rings (SSSR count). The van der Waals surface area contributed by atoms with Crippen molar-refractivity contribution in [2.75, 3.05) is 7.05 Å². The zero-order valence-corrected chi connectivity index (χ0v) is 14.6. The van der Waals surface area contributed by atoms with E-state index in [-0.39, 0.29) is 10.9 Å². The van der Waals surface area contributed by atoms with Crippen molar-refractivity contribution in [2.24, 2.45) is 0 Å². The zero-order chi connectivity index (χ0) is 16.7. The number of aromatic amines is 1. The van der Waals surface area contributed by atoms with Gasteiger partial charge < -0.3 is 9.40 Å². The molecule has 1 N–H and O–H groups in total. The van der Waals surface area contributed by atoms with Gasteiger partial charge in [0.25, 0.3) is 5.89 Å². The lowest BCUT2D eigenvalue weighted by Gasteiger charge is -2.30. The highest BCUT2D eigenvalue weighted by molar-refractivity contribution is 7.89. The predicted molar refractivity (Wildman–Crippen MR) is 87.9 cm³/mol. The second-order valence-corrected chi connectivity index (χ2v) is 8.78. The summed E-state index contributed by atoms with van der Waals surface area (Å²) in [6.45, 7) is 0. The van der Waals surface area contributed by atoms with Crippen LogP contribution >= 0.6 is 0 Å². The predicted octanol–water partition coefficient (Wildman–Crippen LogP) is 2.90. The van der Waals surface area contributed by atoms with Gasteiger partial charge in [-0.1, -0.05) is 19.3 Å². The minimum Gasteiger partial charge on any atom is -0.419 e. The van der Waals surface area contributed by atoms with Crippen molar-refractivity contribution in [3.05, 3.63) is 18.2 Å². The van der Waals surface area contributed by atoms with Crippen LogP contribution in [0.4, 0.5) is 0 Å². The van der Waals surface area contributed by atoms with Crippen molar-refractivity contribution >= 4 is 10.0 Å². The molecule has 0 saturated heterocycles. The summed E-state index contributed by atoms with van der Waals surface area (Å²) in [4.78, 5) is 3.20. The molecular formula is C16H22N4O3S. The molecule has 2 aromatic rings. The Balaban J connectivity index is 1.55. The van der Waals surface area contributed by atoms with Gasteiger partial charge in [0, 0.05) is 25.2 Å². The van der Waals surface area contributed by atoms with Gasteiger partial charge in [-0.25, -0.2) is 8.42 Å². The molecular weight excluding hydrogens is 328 g/mol. The van der Waals surface area contributed by atoms with E-state index in [1.807, 2.05) is 0 Å². The van der Waals surface area contributed by atoms with E-state index in [4.69, 9.17) is 4.42 Å². The van der Waals surface area contributed by atoms with Crippen molar-refractivity contribution in [2.45, 2.75) is 61.8 Å². The molecule has 8 heteroatoms. The summed E-state index contributed by atoms with van der Waals surface area (Å²) in [6, 6.07) is 1.67. The van der Waals surface area contributed by atoms with Crippen LogP contribution in [0.3, 0.4) is 0 Å². The minimum absolute atomic E-state index is 0.0898. The van der Waals surface area contributed by atoms with Gasteiger partial charge in [-0.05, 0) is 31.7 Å². The summed E-state index contributed by atoms with van der Waals surface area (Å²) in [5.41, 5.74) is 0.546. The van der Waals surface area contributed by atoms with Gasteiger partial charge in [-0.15, -0.1) is 10.2 Å². The van der Waals surface area contributed by atoms with Crippen molar-refractivity contribution in [3.8, 4) is 11.6 Å². The van der Waals surface area contributed by atoms with Crippen LogP contribution in [0, 0.1) is 0 Å². The molecule has 0 aliphatic heterocycles. The molecule has 0 radical (unpaired) electrons. The van der Waals surface area contributed by atoms with Crippen LogP contribution in [0.2, 0.25) is 0 Å². The molecule has 2 fully saturated rings. The molecule has 0 atom stereocenters. The largest absolute Gasteiger partial charge is 0.419 e. The Kier molecular flexibility index (Phi) is 3.96. The molecule has 2 aromatic heterocycles. The molecule has 0 bridgehead atoms. The highest BCUT2D eigenvalue weighted by atomic mass is 32.2. The van der Waals surface area contributed by atoms with Crippen LogP contribution in [0.5, 0.6) is 0 Å². The van der Waals surface area contributed by atoms with E-state index >= 15 is 0 Å². The molecule has 130 valence electrons. The number of H-pyrrole nitrogens is 1. The minimum atomic E-state index is -3.51. The Morgan fingerprint density at radius 1 is 1.17 bits per heavy atom. The van der Waals surface area contributed by atoms with Crippen molar-refractivity contribution in [1.82, 2.24) is 19.5 Å². The number of nitrogens with one attached hydrogen (secondary N) is 1. The molecule has 24 heavy (non-hydrogen) atoms. The van der Waals surface area contributed by atoms with Gasteiger partial charge in [0.1, 0.15) is 10.6 Å². The molecule has 2 aliphatic rings. The molecule has 2 aliphatic carbocycles. The summed E-state index contributed by atoms with van der Waals surface area (Å²) in [6.07, 6.45) is 8.91. The average molecular weight is 350 g/mol. The van der Waals surface area contributed by atoms with Gasteiger partial charge in [0.2, 0.25) is 15.9 Å². The van der Waals surface area contributed by atoms with Gasteiger partial charge >= 0.3 is 0 Å². The topological polar surface area (TPSA) is 92.1 Å². The van der Waals surface area contributed by atoms with Gasteiger partial charge in [-0.2, -0.15) is 4.31 Å². The number of rotatable bonds is 5. The number of hydrogen-bond donors (Lipinski definition) is 1. The monoisotopic (exact) mass is 350 g/mol. The SMILES string of the molecule is CN(C1CCCCC1)S(=O)(=O)c1c[nH]c(-c2nnc(C3CC3)o2)c1. The highest BCUT2D eigenvalue weighted by Crippen LogP contribution is 2.40. The second-order valence-electron chi connectivity index (χ2n) is 6.78. The van der Waals surface area contributed by atoms with E-state index < -0.39 is 10.0 Å². The number of aromatic nitrogens is 3. The number of nitrogens with zero attached hydrogens (tertiary/aromatic N) is 3. The fourth-order valence-electron chi connectivity index (χ4n) is 3.29. The normalized spacial score (nSPS) is 19.9. The Morgan fingerprint density at radius 2 is 1.92 bits per heavy atom. The van der Waals surface area contributed by atoms with Crippen LogP contribution in [0.1, 0.15) is 56.8 Å². The maximum atomic E-state index is 12.8. The van der Waals surface area contributed by atoms with E-state index in [0.717, 1.165) is 38.5 Å². The number of sulfonamides is 1. The third kappa shape index (κ3) is 2.88. The van der Waals surface area contributed by atoms with E-state index in [0.29, 0.717) is 23.4 Å². The average Bonchev–Trinajstić information content (AvgIpc) is 3.13. The Bertz CT molecular complexity index is 816. The smallest absolute Gasteiger partial charge is 0.264 e. The molecule has 2 saturated carbocycles. The molecule has 0 unspecified atom stereocenters. The third-order valence-corrected chi connectivity index (χ3v) is 6.91. The molecule has 7 nitrogen and oxygen atoms in total. The molecule has 0 amide bonds.